The molecule has 1 aliphatic rings. The molecule has 0 aliphatic heterocycles. The van der Waals surface area contributed by atoms with Gasteiger partial charge in [0, 0.05) is 11.6 Å². The number of ether oxygens (including phenoxy) is 1. The normalized spacial score (nSPS) is 15.0. The van der Waals surface area contributed by atoms with Crippen molar-refractivity contribution in [3.8, 4) is 11.5 Å². The molecule has 0 heterocycles. The molecule has 2 N–H and O–H groups in total. The number of carboxylic acids is 1. The van der Waals surface area contributed by atoms with E-state index in [1.807, 2.05) is 0 Å². The molecule has 0 unspecified atom stereocenters. The molecule has 1 saturated carbocycles. The van der Waals surface area contributed by atoms with Gasteiger partial charge >= 0.3 is 5.97 Å². The van der Waals surface area contributed by atoms with Gasteiger partial charge in [0.25, 0.3) is 5.91 Å². The van der Waals surface area contributed by atoms with E-state index in [2.05, 4.69) is 5.32 Å². The van der Waals surface area contributed by atoms with Crippen molar-refractivity contribution in [2.45, 2.75) is 31.2 Å². The molecule has 1 amide bonds. The van der Waals surface area contributed by atoms with Gasteiger partial charge in [0.1, 0.15) is 11.5 Å². The summed E-state index contributed by atoms with van der Waals surface area (Å²) in [5.41, 5.74) is -0.316. The lowest BCUT2D eigenvalue weighted by atomic mass is 9.74. The second-order valence-electron chi connectivity index (χ2n) is 6.36. The summed E-state index contributed by atoms with van der Waals surface area (Å²) in [6, 6.07) is 9.30. The molecule has 0 bridgehead atoms. The van der Waals surface area contributed by atoms with Gasteiger partial charge in [0.05, 0.1) is 12.0 Å². The van der Waals surface area contributed by atoms with E-state index >= 15 is 0 Å². The quantitative estimate of drug-likeness (QED) is 0.819. The Morgan fingerprint density at radius 2 is 1.69 bits per heavy atom. The molecule has 0 radical (unpaired) electrons. The van der Waals surface area contributed by atoms with Crippen molar-refractivity contribution in [3.05, 3.63) is 59.7 Å². The Morgan fingerprint density at radius 1 is 1.04 bits per heavy atom. The van der Waals surface area contributed by atoms with Crippen molar-refractivity contribution in [1.82, 2.24) is 5.32 Å². The molecule has 3 rings (SSSR count). The first-order valence-electron chi connectivity index (χ1n) is 8.14. The van der Waals surface area contributed by atoms with E-state index in [0.717, 1.165) is 18.6 Å². The molecule has 0 aromatic heterocycles. The molecule has 26 heavy (non-hydrogen) atoms. The minimum atomic E-state index is -1.01. The molecule has 0 atom stereocenters. The SMILES string of the molecule is O=C(O)CC1(NC(=O)c2ccc(Oc3ccc(F)c(F)c3)cc2)CCC1. The average molecular weight is 361 g/mol. The number of aliphatic carboxylic acids is 1. The zero-order valence-corrected chi connectivity index (χ0v) is 13.8. The van der Waals surface area contributed by atoms with Crippen molar-refractivity contribution in [1.29, 1.82) is 0 Å². The number of nitrogens with one attached hydrogen (secondary N) is 1. The third kappa shape index (κ3) is 3.99. The third-order valence-electron chi connectivity index (χ3n) is 4.42. The van der Waals surface area contributed by atoms with Crippen LogP contribution in [0.15, 0.2) is 42.5 Å². The second-order valence-corrected chi connectivity index (χ2v) is 6.36. The van der Waals surface area contributed by atoms with E-state index in [9.17, 15) is 18.4 Å². The Bertz CT molecular complexity index is 832. The highest BCUT2D eigenvalue weighted by Gasteiger charge is 2.40. The highest BCUT2D eigenvalue weighted by Crippen LogP contribution is 2.35. The van der Waals surface area contributed by atoms with E-state index in [4.69, 9.17) is 9.84 Å². The van der Waals surface area contributed by atoms with E-state index in [1.165, 1.54) is 30.3 Å². The number of halogens is 2. The highest BCUT2D eigenvalue weighted by atomic mass is 19.2. The summed E-state index contributed by atoms with van der Waals surface area (Å²) in [6.45, 7) is 0. The first-order chi connectivity index (χ1) is 12.4. The fraction of sp³-hybridized carbons (Fsp3) is 0.263. The number of carbonyl (C=O) groups is 2. The largest absolute Gasteiger partial charge is 0.481 e. The fourth-order valence-electron chi connectivity index (χ4n) is 2.90. The van der Waals surface area contributed by atoms with Crippen LogP contribution in [0.3, 0.4) is 0 Å². The van der Waals surface area contributed by atoms with Crippen LogP contribution in [-0.2, 0) is 4.79 Å². The van der Waals surface area contributed by atoms with Gasteiger partial charge in [0.2, 0.25) is 0 Å². The standard InChI is InChI=1S/C19H17F2NO4/c20-15-7-6-14(10-16(15)21)26-13-4-2-12(3-5-13)18(25)22-19(8-1-9-19)11-17(23)24/h2-7,10H,1,8-9,11H2,(H,22,25)(H,23,24). The topological polar surface area (TPSA) is 75.6 Å². The summed E-state index contributed by atoms with van der Waals surface area (Å²) >= 11 is 0. The van der Waals surface area contributed by atoms with Gasteiger partial charge in [-0.1, -0.05) is 0 Å². The fourth-order valence-corrected chi connectivity index (χ4v) is 2.90. The molecule has 7 heteroatoms. The smallest absolute Gasteiger partial charge is 0.305 e. The van der Waals surface area contributed by atoms with Crippen LogP contribution in [0.2, 0.25) is 0 Å². The van der Waals surface area contributed by atoms with Gasteiger partial charge in [0.15, 0.2) is 11.6 Å². The predicted molar refractivity (Wildman–Crippen MR) is 89.2 cm³/mol. The van der Waals surface area contributed by atoms with E-state index in [-0.39, 0.29) is 18.1 Å². The number of benzene rings is 2. The number of carboxylic acid groups (broad SMARTS) is 1. The summed E-state index contributed by atoms with van der Waals surface area (Å²) < 4.78 is 31.5. The zero-order chi connectivity index (χ0) is 18.7. The van der Waals surface area contributed by atoms with Crippen LogP contribution in [0.25, 0.3) is 0 Å². The molecule has 2 aromatic rings. The van der Waals surface area contributed by atoms with Gasteiger partial charge in [-0.15, -0.1) is 0 Å². The minimum absolute atomic E-state index is 0.101. The first-order valence-corrected chi connectivity index (χ1v) is 8.14. The second kappa shape index (κ2) is 7.11. The number of hydrogen-bond acceptors (Lipinski definition) is 3. The molecule has 2 aromatic carbocycles. The van der Waals surface area contributed by atoms with Gasteiger partial charge in [-0.05, 0) is 55.7 Å². The number of rotatable bonds is 6. The Labute approximate surface area is 148 Å². The van der Waals surface area contributed by atoms with Gasteiger partial charge in [-0.3, -0.25) is 9.59 Å². The minimum Gasteiger partial charge on any atom is -0.481 e. The molecular weight excluding hydrogens is 344 g/mol. The van der Waals surface area contributed by atoms with Crippen molar-refractivity contribution in [3.63, 3.8) is 0 Å². The zero-order valence-electron chi connectivity index (χ0n) is 13.8. The van der Waals surface area contributed by atoms with Crippen LogP contribution in [0, 0.1) is 11.6 Å². The van der Waals surface area contributed by atoms with E-state index in [1.54, 1.807) is 0 Å². The summed E-state index contributed by atoms with van der Waals surface area (Å²) in [7, 11) is 0. The summed E-state index contributed by atoms with van der Waals surface area (Å²) in [6.07, 6.45) is 2.06. The molecule has 136 valence electrons. The molecule has 1 fully saturated rings. The Kier molecular flexibility index (Phi) is 4.88. The Balaban J connectivity index is 1.66. The number of hydrogen-bond donors (Lipinski definition) is 2. The van der Waals surface area contributed by atoms with Crippen LogP contribution in [0.1, 0.15) is 36.0 Å². The van der Waals surface area contributed by atoms with Crippen LogP contribution in [-0.4, -0.2) is 22.5 Å². The molecule has 0 spiro atoms. The van der Waals surface area contributed by atoms with Crippen molar-refractivity contribution in [2.24, 2.45) is 0 Å². The summed E-state index contributed by atoms with van der Waals surface area (Å²) in [5.74, 6) is -2.78. The average Bonchev–Trinajstić information content (AvgIpc) is 2.56. The lowest BCUT2D eigenvalue weighted by Gasteiger charge is -2.41. The first kappa shape index (κ1) is 17.8. The number of carbonyl (C=O) groups excluding carboxylic acids is 1. The maximum Gasteiger partial charge on any atom is 0.305 e. The predicted octanol–water partition coefficient (Wildman–Crippen LogP) is 3.88. The maximum atomic E-state index is 13.2. The molecular formula is C19H17F2NO4. The summed E-state index contributed by atoms with van der Waals surface area (Å²) in [4.78, 5) is 23.3. The van der Waals surface area contributed by atoms with Gasteiger partial charge in [-0.2, -0.15) is 0 Å². The Morgan fingerprint density at radius 3 is 2.23 bits per heavy atom. The van der Waals surface area contributed by atoms with Gasteiger partial charge in [-0.25, -0.2) is 8.78 Å². The molecule has 0 saturated heterocycles. The maximum absolute atomic E-state index is 13.2. The van der Waals surface area contributed by atoms with Crippen LogP contribution in [0.5, 0.6) is 11.5 Å². The monoisotopic (exact) mass is 361 g/mol. The third-order valence-corrected chi connectivity index (χ3v) is 4.42. The lowest BCUT2D eigenvalue weighted by molar-refractivity contribution is -0.139. The highest BCUT2D eigenvalue weighted by molar-refractivity contribution is 5.95. The molecule has 1 aliphatic carbocycles. The Hall–Kier alpha value is -2.96. The van der Waals surface area contributed by atoms with Crippen LogP contribution < -0.4 is 10.1 Å². The van der Waals surface area contributed by atoms with Crippen molar-refractivity contribution in [2.75, 3.05) is 0 Å². The number of amides is 1. The van der Waals surface area contributed by atoms with Gasteiger partial charge < -0.3 is 15.2 Å². The summed E-state index contributed by atoms with van der Waals surface area (Å²) in [5, 5.41) is 11.8. The van der Waals surface area contributed by atoms with Crippen molar-refractivity contribution >= 4 is 11.9 Å². The van der Waals surface area contributed by atoms with Crippen molar-refractivity contribution < 1.29 is 28.2 Å². The van der Waals surface area contributed by atoms with E-state index < -0.39 is 23.1 Å². The molecule has 5 nitrogen and oxygen atoms in total. The van der Waals surface area contributed by atoms with E-state index in [0.29, 0.717) is 24.2 Å². The lowest BCUT2D eigenvalue weighted by Crippen LogP contribution is -2.54. The van der Waals surface area contributed by atoms with Crippen LogP contribution in [0.4, 0.5) is 8.78 Å². The van der Waals surface area contributed by atoms with Crippen LogP contribution >= 0.6 is 0 Å².